The minimum atomic E-state index is -0.0159. The summed E-state index contributed by atoms with van der Waals surface area (Å²) in [4.78, 5) is 14.2. The highest BCUT2D eigenvalue weighted by molar-refractivity contribution is 5.99. The van der Waals surface area contributed by atoms with Crippen LogP contribution in [0.1, 0.15) is 28.8 Å². The van der Waals surface area contributed by atoms with Gasteiger partial charge >= 0.3 is 0 Å². The molecule has 0 aliphatic carbocycles. The highest BCUT2D eigenvalue weighted by atomic mass is 16.5. The van der Waals surface area contributed by atoms with Gasteiger partial charge in [-0.15, -0.1) is 0 Å². The summed E-state index contributed by atoms with van der Waals surface area (Å²) in [7, 11) is 1.67. The number of ether oxygens (including phenoxy) is 1. The van der Waals surface area contributed by atoms with Crippen LogP contribution < -0.4 is 5.73 Å². The lowest BCUT2D eigenvalue weighted by Gasteiger charge is -2.32. The van der Waals surface area contributed by atoms with Gasteiger partial charge in [0.25, 0.3) is 5.91 Å². The Morgan fingerprint density at radius 2 is 2.05 bits per heavy atom. The van der Waals surface area contributed by atoms with Crippen molar-refractivity contribution < 1.29 is 14.7 Å². The molecule has 6 nitrogen and oxygen atoms in total. The summed E-state index contributed by atoms with van der Waals surface area (Å²) in [5, 5.41) is 11.5. The molecule has 3 N–H and O–H groups in total. The number of hydrogen-bond acceptors (Lipinski definition) is 4. The van der Waals surface area contributed by atoms with E-state index < -0.39 is 0 Å². The van der Waals surface area contributed by atoms with Crippen molar-refractivity contribution in [3.05, 3.63) is 35.4 Å². The summed E-state index contributed by atoms with van der Waals surface area (Å²) in [6.45, 7) is 1.37. The average molecular weight is 277 g/mol. The first kappa shape index (κ1) is 14.3. The first-order valence-electron chi connectivity index (χ1n) is 6.55. The summed E-state index contributed by atoms with van der Waals surface area (Å²) in [5.41, 5.74) is 6.66. The fourth-order valence-corrected chi connectivity index (χ4v) is 2.34. The minimum Gasteiger partial charge on any atom is -0.409 e. The Kier molecular flexibility index (Phi) is 4.57. The van der Waals surface area contributed by atoms with Crippen LogP contribution in [0.3, 0.4) is 0 Å². The number of amides is 1. The lowest BCUT2D eigenvalue weighted by atomic mass is 10.1. The van der Waals surface area contributed by atoms with Crippen LogP contribution in [0, 0.1) is 0 Å². The number of hydrogen-bond donors (Lipinski definition) is 2. The molecule has 1 heterocycles. The number of amidine groups is 1. The second-order valence-corrected chi connectivity index (χ2v) is 4.81. The van der Waals surface area contributed by atoms with E-state index >= 15 is 0 Å². The topological polar surface area (TPSA) is 88.2 Å². The van der Waals surface area contributed by atoms with Gasteiger partial charge in [0.15, 0.2) is 5.84 Å². The zero-order valence-corrected chi connectivity index (χ0v) is 11.5. The van der Waals surface area contributed by atoms with E-state index in [-0.39, 0.29) is 17.8 Å². The van der Waals surface area contributed by atoms with Gasteiger partial charge in [-0.2, -0.15) is 0 Å². The summed E-state index contributed by atoms with van der Waals surface area (Å²) in [6, 6.07) is 6.71. The second-order valence-electron chi connectivity index (χ2n) is 4.81. The van der Waals surface area contributed by atoms with Crippen LogP contribution in [-0.2, 0) is 4.74 Å². The summed E-state index contributed by atoms with van der Waals surface area (Å²) in [6.07, 6.45) is 2.05. The highest BCUT2D eigenvalue weighted by Gasteiger charge is 2.24. The van der Waals surface area contributed by atoms with Gasteiger partial charge in [-0.25, -0.2) is 0 Å². The van der Waals surface area contributed by atoms with E-state index in [1.807, 2.05) is 0 Å². The molecular formula is C14H19N3O3. The molecule has 0 spiro atoms. The molecule has 2 rings (SSSR count). The average Bonchev–Trinajstić information content (AvgIpc) is 2.53. The molecule has 1 fully saturated rings. The zero-order valence-electron chi connectivity index (χ0n) is 11.5. The van der Waals surface area contributed by atoms with Gasteiger partial charge in [-0.05, 0) is 25.0 Å². The third-order valence-corrected chi connectivity index (χ3v) is 3.53. The first-order chi connectivity index (χ1) is 9.65. The van der Waals surface area contributed by atoms with Crippen molar-refractivity contribution >= 4 is 11.7 Å². The molecule has 20 heavy (non-hydrogen) atoms. The lowest BCUT2D eigenvalue weighted by Crippen LogP contribution is -2.42. The smallest absolute Gasteiger partial charge is 0.253 e. The Labute approximate surface area is 117 Å². The Morgan fingerprint density at radius 1 is 1.40 bits per heavy atom. The fraction of sp³-hybridized carbons (Fsp3) is 0.429. The van der Waals surface area contributed by atoms with E-state index in [2.05, 4.69) is 5.16 Å². The van der Waals surface area contributed by atoms with Gasteiger partial charge in [0.2, 0.25) is 0 Å². The normalized spacial score (nSPS) is 19.9. The monoisotopic (exact) mass is 277 g/mol. The Balaban J connectivity index is 2.09. The highest BCUT2D eigenvalue weighted by Crippen LogP contribution is 2.16. The number of carbonyl (C=O) groups is 1. The van der Waals surface area contributed by atoms with E-state index in [9.17, 15) is 4.79 Å². The van der Waals surface area contributed by atoms with Crippen molar-refractivity contribution in [1.29, 1.82) is 0 Å². The third-order valence-electron chi connectivity index (χ3n) is 3.53. The molecule has 1 aliphatic heterocycles. The van der Waals surface area contributed by atoms with Gasteiger partial charge in [-0.3, -0.25) is 4.79 Å². The molecule has 1 aromatic rings. The quantitative estimate of drug-likeness (QED) is 0.374. The molecule has 0 radical (unpaired) electrons. The number of piperidine rings is 1. The van der Waals surface area contributed by atoms with E-state index in [0.29, 0.717) is 17.7 Å². The standard InChI is InChI=1S/C14H19N3O3/c1-20-12-3-2-8-17(9-12)14(18)11-6-4-10(5-7-11)13(15)16-19/h4-7,12,19H,2-3,8-9H2,1H3,(H2,15,16). The maximum absolute atomic E-state index is 12.4. The molecule has 0 saturated carbocycles. The van der Waals surface area contributed by atoms with Crippen molar-refractivity contribution in [2.24, 2.45) is 10.9 Å². The Bertz CT molecular complexity index is 499. The predicted octanol–water partition coefficient (Wildman–Crippen LogP) is 1.03. The lowest BCUT2D eigenvalue weighted by molar-refractivity contribution is 0.0269. The Morgan fingerprint density at radius 3 is 2.65 bits per heavy atom. The van der Waals surface area contributed by atoms with Crippen LogP contribution in [0.2, 0.25) is 0 Å². The summed E-state index contributed by atoms with van der Waals surface area (Å²) in [5.74, 6) is 0.0132. The van der Waals surface area contributed by atoms with Crippen LogP contribution in [0.4, 0.5) is 0 Å². The van der Waals surface area contributed by atoms with E-state index in [4.69, 9.17) is 15.7 Å². The molecule has 1 saturated heterocycles. The van der Waals surface area contributed by atoms with Crippen LogP contribution in [0.25, 0.3) is 0 Å². The molecule has 1 aliphatic rings. The maximum Gasteiger partial charge on any atom is 0.253 e. The number of rotatable bonds is 3. The van der Waals surface area contributed by atoms with Gasteiger partial charge in [0.1, 0.15) is 0 Å². The zero-order chi connectivity index (χ0) is 14.5. The number of methoxy groups -OCH3 is 1. The van der Waals surface area contributed by atoms with Crippen LogP contribution in [0.15, 0.2) is 29.4 Å². The molecule has 1 atom stereocenters. The number of nitrogens with two attached hydrogens (primary N) is 1. The molecule has 0 aromatic heterocycles. The van der Waals surface area contributed by atoms with Gasteiger partial charge < -0.3 is 20.6 Å². The molecule has 108 valence electrons. The molecule has 1 amide bonds. The minimum absolute atomic E-state index is 0.0159. The number of likely N-dealkylation sites (tertiary alicyclic amines) is 1. The third kappa shape index (κ3) is 3.08. The predicted molar refractivity (Wildman–Crippen MR) is 74.9 cm³/mol. The van der Waals surface area contributed by atoms with Gasteiger partial charge in [-0.1, -0.05) is 17.3 Å². The van der Waals surface area contributed by atoms with Crippen molar-refractivity contribution in [3.8, 4) is 0 Å². The van der Waals surface area contributed by atoms with Crippen molar-refractivity contribution in [3.63, 3.8) is 0 Å². The maximum atomic E-state index is 12.4. The summed E-state index contributed by atoms with van der Waals surface area (Å²) >= 11 is 0. The van der Waals surface area contributed by atoms with Crippen molar-refractivity contribution in [2.75, 3.05) is 20.2 Å². The van der Waals surface area contributed by atoms with Crippen molar-refractivity contribution in [1.82, 2.24) is 4.90 Å². The van der Waals surface area contributed by atoms with Crippen LogP contribution in [-0.4, -0.2) is 48.2 Å². The van der Waals surface area contributed by atoms with E-state index in [1.54, 1.807) is 36.3 Å². The Hall–Kier alpha value is -2.08. The van der Waals surface area contributed by atoms with Crippen LogP contribution >= 0.6 is 0 Å². The SMILES string of the molecule is COC1CCCN(C(=O)c2ccc(/C(N)=N/O)cc2)C1. The molecule has 1 unspecified atom stereocenters. The summed E-state index contributed by atoms with van der Waals surface area (Å²) < 4.78 is 5.32. The fourth-order valence-electron chi connectivity index (χ4n) is 2.34. The molecule has 6 heteroatoms. The van der Waals surface area contributed by atoms with Gasteiger partial charge in [0.05, 0.1) is 6.10 Å². The number of benzene rings is 1. The van der Waals surface area contributed by atoms with E-state index in [1.165, 1.54) is 0 Å². The molecule has 0 bridgehead atoms. The molecule has 1 aromatic carbocycles. The second kappa shape index (κ2) is 6.38. The van der Waals surface area contributed by atoms with Crippen LogP contribution in [0.5, 0.6) is 0 Å². The number of oxime groups is 1. The van der Waals surface area contributed by atoms with E-state index in [0.717, 1.165) is 19.4 Å². The molecular weight excluding hydrogens is 258 g/mol. The largest absolute Gasteiger partial charge is 0.409 e. The van der Waals surface area contributed by atoms with Gasteiger partial charge in [0, 0.05) is 31.3 Å². The first-order valence-corrected chi connectivity index (χ1v) is 6.55. The number of carbonyl (C=O) groups excluding carboxylic acids is 1. The van der Waals surface area contributed by atoms with Crippen molar-refractivity contribution in [2.45, 2.75) is 18.9 Å². The number of nitrogens with zero attached hydrogens (tertiary/aromatic N) is 2.